The molecule has 2 aromatic carbocycles. The molecule has 31 heavy (non-hydrogen) atoms. The maximum atomic E-state index is 13.5. The molecular weight excluding hydrogens is 391 g/mol. The van der Waals surface area contributed by atoms with E-state index in [2.05, 4.69) is 29.4 Å². The molecule has 4 nitrogen and oxygen atoms in total. The first-order valence-corrected chi connectivity index (χ1v) is 10.9. The second-order valence-electron chi connectivity index (χ2n) is 8.50. The van der Waals surface area contributed by atoms with Crippen LogP contribution in [0.3, 0.4) is 0 Å². The van der Waals surface area contributed by atoms with Crippen molar-refractivity contribution >= 4 is 0 Å². The van der Waals surface area contributed by atoms with Gasteiger partial charge in [0.15, 0.2) is 0 Å². The average Bonchev–Trinajstić information content (AvgIpc) is 3.14. The van der Waals surface area contributed by atoms with E-state index < -0.39 is 6.10 Å². The van der Waals surface area contributed by atoms with Crippen LogP contribution in [0.4, 0.5) is 4.39 Å². The molecule has 0 saturated heterocycles. The molecule has 3 rings (SSSR count). The normalized spacial score (nSPS) is 12.6. The van der Waals surface area contributed by atoms with Crippen molar-refractivity contribution in [2.45, 2.75) is 39.6 Å². The highest BCUT2D eigenvalue weighted by Crippen LogP contribution is 2.13. The van der Waals surface area contributed by atoms with E-state index in [-0.39, 0.29) is 5.82 Å². The summed E-state index contributed by atoms with van der Waals surface area (Å²) in [5.41, 5.74) is 3.17. The minimum absolute atomic E-state index is 0.216. The van der Waals surface area contributed by atoms with E-state index in [0.29, 0.717) is 32.2 Å². The summed E-state index contributed by atoms with van der Waals surface area (Å²) in [6.07, 6.45) is 1.46. The minimum atomic E-state index is -0.561. The van der Waals surface area contributed by atoms with E-state index >= 15 is 0 Å². The number of hydrogen-bond acceptors (Lipinski definition) is 3. The summed E-state index contributed by atoms with van der Waals surface area (Å²) in [4.78, 5) is 2.26. The third-order valence-electron chi connectivity index (χ3n) is 5.07. The first kappa shape index (κ1) is 23.2. The van der Waals surface area contributed by atoms with Gasteiger partial charge in [-0.3, -0.25) is 4.90 Å². The van der Waals surface area contributed by atoms with E-state index in [1.54, 1.807) is 12.1 Å². The summed E-state index contributed by atoms with van der Waals surface area (Å²) in [5.74, 6) is 0.260. The third-order valence-corrected chi connectivity index (χ3v) is 5.07. The Bertz CT molecular complexity index is 911. The number of rotatable bonds is 12. The maximum absolute atomic E-state index is 13.5. The summed E-state index contributed by atoms with van der Waals surface area (Å²) in [5, 5.41) is 10.6. The Morgan fingerprint density at radius 1 is 0.968 bits per heavy atom. The van der Waals surface area contributed by atoms with Crippen LogP contribution >= 0.6 is 0 Å². The fourth-order valence-electron chi connectivity index (χ4n) is 3.77. The van der Waals surface area contributed by atoms with Gasteiger partial charge in [0.1, 0.15) is 5.82 Å². The molecule has 1 N–H and O–H groups in total. The highest BCUT2D eigenvalue weighted by Gasteiger charge is 2.16. The fraction of sp³-hybridized carbons (Fsp3) is 0.385. The molecule has 0 aliphatic heterocycles. The van der Waals surface area contributed by atoms with Crippen molar-refractivity contribution in [3.05, 3.63) is 95.6 Å². The van der Waals surface area contributed by atoms with Gasteiger partial charge in [0.2, 0.25) is 0 Å². The summed E-state index contributed by atoms with van der Waals surface area (Å²) >= 11 is 0. The number of nitrogens with zero attached hydrogens (tertiary/aromatic N) is 2. The van der Waals surface area contributed by atoms with E-state index in [0.717, 1.165) is 29.9 Å². The second kappa shape index (κ2) is 11.8. The van der Waals surface area contributed by atoms with Crippen LogP contribution in [0.25, 0.3) is 0 Å². The quantitative estimate of drug-likeness (QED) is 0.458. The Balaban J connectivity index is 1.56. The summed E-state index contributed by atoms with van der Waals surface area (Å²) in [6, 6.07) is 20.8. The molecule has 1 atom stereocenters. The lowest BCUT2D eigenvalue weighted by Gasteiger charge is -2.27. The monoisotopic (exact) mass is 424 g/mol. The molecule has 1 aromatic heterocycles. The number of halogens is 1. The number of hydrogen-bond donors (Lipinski definition) is 1. The van der Waals surface area contributed by atoms with Gasteiger partial charge in [-0.25, -0.2) is 4.39 Å². The van der Waals surface area contributed by atoms with E-state index in [4.69, 9.17) is 4.74 Å². The zero-order valence-corrected chi connectivity index (χ0v) is 18.5. The molecule has 0 aliphatic rings. The topological polar surface area (TPSA) is 37.6 Å². The highest BCUT2D eigenvalue weighted by atomic mass is 19.1. The predicted molar refractivity (Wildman–Crippen MR) is 122 cm³/mol. The van der Waals surface area contributed by atoms with Gasteiger partial charge < -0.3 is 14.4 Å². The molecular formula is C26H33FN2O2. The molecule has 166 valence electrons. The van der Waals surface area contributed by atoms with Crippen LogP contribution in [0, 0.1) is 11.7 Å². The van der Waals surface area contributed by atoms with E-state index in [1.807, 2.05) is 48.7 Å². The summed E-state index contributed by atoms with van der Waals surface area (Å²) in [6.45, 7) is 7.91. The standard InChI is InChI=1S/C26H33FN2O2/c1-21(2)15-28(18-26(30)20-31-19-22-8-4-3-5-9-22)17-25-12-7-13-29(25)16-23-10-6-11-24(27)14-23/h3-14,21,26,30H,15-20H2,1-2H3/t26-/m0/s1. The number of aliphatic hydroxyl groups is 1. The first-order valence-electron chi connectivity index (χ1n) is 10.9. The molecule has 0 amide bonds. The molecule has 0 saturated carbocycles. The van der Waals surface area contributed by atoms with E-state index in [9.17, 15) is 9.50 Å². The first-order chi connectivity index (χ1) is 15.0. The van der Waals surface area contributed by atoms with Gasteiger partial charge >= 0.3 is 0 Å². The van der Waals surface area contributed by atoms with Gasteiger partial charge in [0, 0.05) is 38.1 Å². The predicted octanol–water partition coefficient (Wildman–Crippen LogP) is 4.71. The van der Waals surface area contributed by atoms with Gasteiger partial charge in [-0.05, 0) is 41.3 Å². The zero-order valence-electron chi connectivity index (χ0n) is 18.5. The summed E-state index contributed by atoms with van der Waals surface area (Å²) in [7, 11) is 0. The lowest BCUT2D eigenvalue weighted by molar-refractivity contribution is 0.00644. The number of ether oxygens (including phenoxy) is 1. The molecule has 0 aliphatic carbocycles. The number of benzene rings is 2. The summed E-state index contributed by atoms with van der Waals surface area (Å²) < 4.78 is 21.4. The molecule has 5 heteroatoms. The Labute approximate surface area is 184 Å². The Hall–Kier alpha value is -2.47. The fourth-order valence-corrected chi connectivity index (χ4v) is 3.77. The maximum Gasteiger partial charge on any atom is 0.123 e. The van der Waals surface area contributed by atoms with Crippen molar-refractivity contribution < 1.29 is 14.2 Å². The largest absolute Gasteiger partial charge is 0.389 e. The van der Waals surface area contributed by atoms with Crippen molar-refractivity contribution in [3.8, 4) is 0 Å². The molecule has 0 radical (unpaired) electrons. The Morgan fingerprint density at radius 2 is 1.74 bits per heavy atom. The smallest absolute Gasteiger partial charge is 0.123 e. The van der Waals surface area contributed by atoms with Crippen molar-refractivity contribution in [3.63, 3.8) is 0 Å². The Kier molecular flexibility index (Phi) is 8.83. The van der Waals surface area contributed by atoms with Crippen LogP contribution in [-0.2, 0) is 24.4 Å². The van der Waals surface area contributed by atoms with Crippen LogP contribution in [0.15, 0.2) is 72.9 Å². The van der Waals surface area contributed by atoms with Crippen molar-refractivity contribution in [2.24, 2.45) is 5.92 Å². The van der Waals surface area contributed by atoms with Gasteiger partial charge in [0.25, 0.3) is 0 Å². The van der Waals surface area contributed by atoms with Gasteiger partial charge in [0.05, 0.1) is 19.3 Å². The van der Waals surface area contributed by atoms with Gasteiger partial charge in [-0.2, -0.15) is 0 Å². The molecule has 0 spiro atoms. The van der Waals surface area contributed by atoms with E-state index in [1.165, 1.54) is 6.07 Å². The Morgan fingerprint density at radius 3 is 2.48 bits per heavy atom. The highest BCUT2D eigenvalue weighted by molar-refractivity contribution is 5.19. The van der Waals surface area contributed by atoms with Crippen molar-refractivity contribution in [1.82, 2.24) is 9.47 Å². The zero-order chi connectivity index (χ0) is 22.1. The molecule has 0 fully saturated rings. The SMILES string of the molecule is CC(C)CN(Cc1cccn1Cc1cccc(F)c1)C[C@H](O)COCc1ccccc1. The minimum Gasteiger partial charge on any atom is -0.389 e. The third kappa shape index (κ3) is 7.94. The van der Waals surface area contributed by atoms with Crippen molar-refractivity contribution in [2.75, 3.05) is 19.7 Å². The van der Waals surface area contributed by atoms with Gasteiger partial charge in [-0.15, -0.1) is 0 Å². The number of aliphatic hydroxyl groups excluding tert-OH is 1. The lowest BCUT2D eigenvalue weighted by atomic mass is 10.2. The van der Waals surface area contributed by atoms with Gasteiger partial charge in [-0.1, -0.05) is 56.3 Å². The molecule has 0 bridgehead atoms. The molecule has 1 heterocycles. The van der Waals surface area contributed by atoms with Crippen LogP contribution in [-0.4, -0.2) is 40.4 Å². The lowest BCUT2D eigenvalue weighted by Crippen LogP contribution is -2.37. The van der Waals surface area contributed by atoms with Crippen LogP contribution in [0.5, 0.6) is 0 Å². The van der Waals surface area contributed by atoms with Crippen molar-refractivity contribution in [1.29, 1.82) is 0 Å². The van der Waals surface area contributed by atoms with Crippen LogP contribution < -0.4 is 0 Å². The average molecular weight is 425 g/mol. The number of aromatic nitrogens is 1. The van der Waals surface area contributed by atoms with Crippen LogP contribution in [0.2, 0.25) is 0 Å². The second-order valence-corrected chi connectivity index (χ2v) is 8.50. The van der Waals surface area contributed by atoms with Crippen LogP contribution in [0.1, 0.15) is 30.7 Å². The molecule has 3 aromatic rings. The molecule has 0 unspecified atom stereocenters.